The third kappa shape index (κ3) is 3.53. The summed E-state index contributed by atoms with van der Waals surface area (Å²) in [6, 6.07) is 11.6. The summed E-state index contributed by atoms with van der Waals surface area (Å²) in [5.41, 5.74) is 0.770. The van der Waals surface area contributed by atoms with Crippen molar-refractivity contribution in [2.75, 3.05) is 33.9 Å². The van der Waals surface area contributed by atoms with Crippen LogP contribution in [0.3, 0.4) is 0 Å². The molecule has 3 rings (SSSR count). The summed E-state index contributed by atoms with van der Waals surface area (Å²) in [5, 5.41) is 3.79. The van der Waals surface area contributed by atoms with E-state index >= 15 is 0 Å². The molecule has 1 N–H and O–H groups in total. The zero-order chi connectivity index (χ0) is 18.7. The van der Waals surface area contributed by atoms with Gasteiger partial charge in [0.15, 0.2) is 0 Å². The number of hydrogen-bond acceptors (Lipinski definition) is 5. The van der Waals surface area contributed by atoms with Crippen molar-refractivity contribution in [3.63, 3.8) is 0 Å². The lowest BCUT2D eigenvalue weighted by Crippen LogP contribution is -2.48. The van der Waals surface area contributed by atoms with Crippen LogP contribution in [0.15, 0.2) is 47.4 Å². The Labute approximate surface area is 158 Å². The summed E-state index contributed by atoms with van der Waals surface area (Å²) in [4.78, 5) is 0.0818. The third-order valence-electron chi connectivity index (χ3n) is 4.42. The number of nitrogens with zero attached hydrogens (tertiary/aromatic N) is 1. The number of benzene rings is 2. The number of nitrogens with one attached hydrogen (secondary N) is 1. The molecular formula is C18H21ClN2O4S. The van der Waals surface area contributed by atoms with E-state index in [2.05, 4.69) is 5.32 Å². The molecule has 0 radical (unpaired) electrons. The lowest BCUT2D eigenvalue weighted by atomic mass is 10.1. The molecule has 26 heavy (non-hydrogen) atoms. The minimum absolute atomic E-state index is 0.0818. The van der Waals surface area contributed by atoms with Crippen molar-refractivity contribution in [2.24, 2.45) is 0 Å². The maximum absolute atomic E-state index is 13.4. The average molecular weight is 397 g/mol. The fraction of sp³-hybridized carbons (Fsp3) is 0.333. The minimum atomic E-state index is -3.82. The Balaban J connectivity index is 2.08. The van der Waals surface area contributed by atoms with Crippen LogP contribution < -0.4 is 14.8 Å². The topological polar surface area (TPSA) is 67.9 Å². The summed E-state index contributed by atoms with van der Waals surface area (Å²) in [7, 11) is -0.878. The number of sulfonamides is 1. The van der Waals surface area contributed by atoms with Gasteiger partial charge in [-0.15, -0.1) is 0 Å². The summed E-state index contributed by atoms with van der Waals surface area (Å²) in [6.45, 7) is 1.38. The van der Waals surface area contributed by atoms with Crippen molar-refractivity contribution in [1.82, 2.24) is 9.62 Å². The molecule has 1 fully saturated rings. The molecule has 1 saturated heterocycles. The van der Waals surface area contributed by atoms with E-state index in [4.69, 9.17) is 21.1 Å². The van der Waals surface area contributed by atoms with Crippen molar-refractivity contribution in [2.45, 2.75) is 10.9 Å². The van der Waals surface area contributed by atoms with Crippen LogP contribution in [0.25, 0.3) is 0 Å². The van der Waals surface area contributed by atoms with Gasteiger partial charge >= 0.3 is 0 Å². The molecule has 2 aromatic rings. The number of ether oxygens (including phenoxy) is 2. The number of piperazine rings is 1. The monoisotopic (exact) mass is 396 g/mol. The zero-order valence-electron chi connectivity index (χ0n) is 14.6. The third-order valence-corrected chi connectivity index (χ3v) is 6.69. The van der Waals surface area contributed by atoms with Crippen molar-refractivity contribution >= 4 is 21.6 Å². The molecule has 1 aliphatic rings. The first kappa shape index (κ1) is 19.0. The van der Waals surface area contributed by atoms with E-state index in [1.54, 1.807) is 18.2 Å². The van der Waals surface area contributed by atoms with Gasteiger partial charge in [-0.25, -0.2) is 8.42 Å². The number of methoxy groups -OCH3 is 2. The number of hydrogen-bond donors (Lipinski definition) is 1. The minimum Gasteiger partial charge on any atom is -0.497 e. The summed E-state index contributed by atoms with van der Waals surface area (Å²) in [5.74, 6) is 0.732. The first-order valence-electron chi connectivity index (χ1n) is 8.18. The van der Waals surface area contributed by atoms with E-state index in [1.807, 2.05) is 18.2 Å². The van der Waals surface area contributed by atoms with Gasteiger partial charge in [0.1, 0.15) is 16.4 Å². The second-order valence-electron chi connectivity index (χ2n) is 5.87. The highest BCUT2D eigenvalue weighted by Gasteiger charge is 2.37. The second kappa shape index (κ2) is 7.84. The Bertz CT molecular complexity index is 889. The molecule has 1 aliphatic heterocycles. The van der Waals surface area contributed by atoms with Gasteiger partial charge in [-0.1, -0.05) is 29.8 Å². The second-order valence-corrected chi connectivity index (χ2v) is 8.14. The molecule has 0 bridgehead atoms. The summed E-state index contributed by atoms with van der Waals surface area (Å²) >= 11 is 6.33. The fourth-order valence-electron chi connectivity index (χ4n) is 3.10. The largest absolute Gasteiger partial charge is 0.497 e. The van der Waals surface area contributed by atoms with Crippen LogP contribution in [0.2, 0.25) is 5.02 Å². The van der Waals surface area contributed by atoms with Crippen LogP contribution >= 0.6 is 11.6 Å². The predicted molar refractivity (Wildman–Crippen MR) is 101 cm³/mol. The molecule has 0 amide bonds. The fourth-order valence-corrected chi connectivity index (χ4v) is 5.14. The molecule has 8 heteroatoms. The zero-order valence-corrected chi connectivity index (χ0v) is 16.2. The van der Waals surface area contributed by atoms with Crippen molar-refractivity contribution in [3.8, 4) is 11.5 Å². The standard InChI is InChI=1S/C18H21ClN2O4S/c1-24-13-7-8-17(25-2)18(11-13)26(22,23)21-10-9-20-12-16(21)14-5-3-4-6-15(14)19/h3-8,11,16,20H,9-10,12H2,1-2H3. The highest BCUT2D eigenvalue weighted by molar-refractivity contribution is 7.89. The van der Waals surface area contributed by atoms with Gasteiger partial charge in [0.25, 0.3) is 0 Å². The molecule has 6 nitrogen and oxygen atoms in total. The number of rotatable bonds is 5. The van der Waals surface area contributed by atoms with Gasteiger partial charge in [0, 0.05) is 30.7 Å². The average Bonchev–Trinajstić information content (AvgIpc) is 2.67. The Hall–Kier alpha value is -1.80. The predicted octanol–water partition coefficient (Wildman–Crippen LogP) is 2.69. The van der Waals surface area contributed by atoms with Crippen LogP contribution in [-0.4, -0.2) is 46.6 Å². The highest BCUT2D eigenvalue weighted by Crippen LogP contribution is 2.36. The van der Waals surface area contributed by atoms with Gasteiger partial charge in [0.05, 0.1) is 20.3 Å². The lowest BCUT2D eigenvalue weighted by Gasteiger charge is -2.36. The van der Waals surface area contributed by atoms with Crippen LogP contribution in [0.5, 0.6) is 11.5 Å². The Morgan fingerprint density at radius 3 is 2.62 bits per heavy atom. The molecule has 1 unspecified atom stereocenters. The molecule has 140 valence electrons. The van der Waals surface area contributed by atoms with Crippen molar-refractivity contribution in [3.05, 3.63) is 53.1 Å². The Morgan fingerprint density at radius 2 is 1.92 bits per heavy atom. The van der Waals surface area contributed by atoms with E-state index < -0.39 is 16.1 Å². The van der Waals surface area contributed by atoms with E-state index in [1.165, 1.54) is 24.6 Å². The quantitative estimate of drug-likeness (QED) is 0.841. The van der Waals surface area contributed by atoms with Crippen molar-refractivity contribution in [1.29, 1.82) is 0 Å². The maximum Gasteiger partial charge on any atom is 0.247 e. The lowest BCUT2D eigenvalue weighted by molar-refractivity contribution is 0.270. The molecule has 0 saturated carbocycles. The van der Waals surface area contributed by atoms with E-state index in [-0.39, 0.29) is 10.6 Å². The smallest absolute Gasteiger partial charge is 0.247 e. The van der Waals surface area contributed by atoms with E-state index in [0.29, 0.717) is 30.4 Å². The Kier molecular flexibility index (Phi) is 5.72. The summed E-state index contributed by atoms with van der Waals surface area (Å²) in [6.07, 6.45) is 0. The summed E-state index contributed by atoms with van der Waals surface area (Å²) < 4.78 is 38.9. The van der Waals surface area contributed by atoms with Gasteiger partial charge in [-0.2, -0.15) is 4.31 Å². The molecule has 0 aliphatic carbocycles. The van der Waals surface area contributed by atoms with E-state index in [9.17, 15) is 8.42 Å². The molecule has 2 aromatic carbocycles. The normalized spacial score (nSPS) is 18.5. The van der Waals surface area contributed by atoms with Gasteiger partial charge < -0.3 is 14.8 Å². The van der Waals surface area contributed by atoms with Gasteiger partial charge in [-0.3, -0.25) is 0 Å². The van der Waals surface area contributed by atoms with Crippen LogP contribution in [-0.2, 0) is 10.0 Å². The first-order chi connectivity index (χ1) is 12.5. The Morgan fingerprint density at radius 1 is 1.15 bits per heavy atom. The van der Waals surface area contributed by atoms with Crippen LogP contribution in [0, 0.1) is 0 Å². The van der Waals surface area contributed by atoms with Gasteiger partial charge in [0.2, 0.25) is 10.0 Å². The molecule has 0 spiro atoms. The van der Waals surface area contributed by atoms with Gasteiger partial charge in [-0.05, 0) is 23.8 Å². The SMILES string of the molecule is COc1ccc(OC)c(S(=O)(=O)N2CCNCC2c2ccccc2Cl)c1. The molecule has 1 heterocycles. The molecule has 1 atom stereocenters. The molecular weight excluding hydrogens is 376 g/mol. The van der Waals surface area contributed by atoms with E-state index in [0.717, 1.165) is 5.56 Å². The van der Waals surface area contributed by atoms with Crippen LogP contribution in [0.1, 0.15) is 11.6 Å². The molecule has 0 aromatic heterocycles. The van der Waals surface area contributed by atoms with Crippen LogP contribution in [0.4, 0.5) is 0 Å². The number of halogens is 1. The first-order valence-corrected chi connectivity index (χ1v) is 10.00. The maximum atomic E-state index is 13.4. The van der Waals surface area contributed by atoms with Crippen molar-refractivity contribution < 1.29 is 17.9 Å². The highest BCUT2D eigenvalue weighted by atomic mass is 35.5.